The molecule has 2 N–H and O–H groups in total. The van der Waals surface area contributed by atoms with Gasteiger partial charge in [0.25, 0.3) is 5.91 Å². The van der Waals surface area contributed by atoms with Gasteiger partial charge in [0.15, 0.2) is 0 Å². The van der Waals surface area contributed by atoms with Gasteiger partial charge in [-0.2, -0.15) is 8.78 Å². The van der Waals surface area contributed by atoms with E-state index < -0.39 is 6.61 Å². The molecule has 0 bridgehead atoms. The maximum absolute atomic E-state index is 12.0. The van der Waals surface area contributed by atoms with E-state index in [-0.39, 0.29) is 24.0 Å². The van der Waals surface area contributed by atoms with Crippen LogP contribution in [0.3, 0.4) is 0 Å². The minimum absolute atomic E-state index is 0.0271. The standard InChI is InChI=1S/C16H16F2N2O3S/c17-16(18)23-12-7-5-11(6-8-12)20-14(21)4-1-9-19-15(22)13-3-2-10-24-13/h2-3,5-8,10,16H,1,4,9H2,(H,19,22)(H,20,21). The van der Waals surface area contributed by atoms with E-state index in [0.29, 0.717) is 23.5 Å². The summed E-state index contributed by atoms with van der Waals surface area (Å²) in [5.74, 6) is -0.345. The fourth-order valence-electron chi connectivity index (χ4n) is 1.89. The van der Waals surface area contributed by atoms with Crippen molar-refractivity contribution >= 4 is 28.8 Å². The van der Waals surface area contributed by atoms with Crippen LogP contribution in [0.25, 0.3) is 0 Å². The Balaban J connectivity index is 1.67. The molecule has 0 radical (unpaired) electrons. The highest BCUT2D eigenvalue weighted by molar-refractivity contribution is 7.12. The van der Waals surface area contributed by atoms with Crippen molar-refractivity contribution in [3.05, 3.63) is 46.7 Å². The summed E-state index contributed by atoms with van der Waals surface area (Å²) in [6, 6.07) is 9.19. The lowest BCUT2D eigenvalue weighted by atomic mass is 10.2. The first kappa shape index (κ1) is 17.9. The number of carbonyl (C=O) groups is 2. The fourth-order valence-corrected chi connectivity index (χ4v) is 2.53. The number of ether oxygens (including phenoxy) is 1. The van der Waals surface area contributed by atoms with Gasteiger partial charge in [0.1, 0.15) is 5.75 Å². The van der Waals surface area contributed by atoms with Gasteiger partial charge in [-0.05, 0) is 42.1 Å². The zero-order valence-electron chi connectivity index (χ0n) is 12.6. The van der Waals surface area contributed by atoms with Gasteiger partial charge < -0.3 is 15.4 Å². The Kier molecular flexibility index (Phi) is 6.68. The van der Waals surface area contributed by atoms with Crippen molar-refractivity contribution in [1.29, 1.82) is 0 Å². The lowest BCUT2D eigenvalue weighted by Crippen LogP contribution is -2.24. The first-order valence-corrected chi connectivity index (χ1v) is 8.09. The minimum Gasteiger partial charge on any atom is -0.435 e. The molecular weight excluding hydrogens is 338 g/mol. The second-order valence-electron chi connectivity index (χ2n) is 4.79. The van der Waals surface area contributed by atoms with Crippen molar-refractivity contribution in [3.63, 3.8) is 0 Å². The van der Waals surface area contributed by atoms with E-state index >= 15 is 0 Å². The number of rotatable bonds is 8. The summed E-state index contributed by atoms with van der Waals surface area (Å²) >= 11 is 1.35. The molecule has 8 heteroatoms. The Morgan fingerprint density at radius 2 is 1.92 bits per heavy atom. The lowest BCUT2D eigenvalue weighted by Gasteiger charge is -2.08. The van der Waals surface area contributed by atoms with Gasteiger partial charge in [-0.15, -0.1) is 11.3 Å². The van der Waals surface area contributed by atoms with Crippen molar-refractivity contribution in [2.24, 2.45) is 0 Å². The second kappa shape index (κ2) is 8.97. The summed E-state index contributed by atoms with van der Waals surface area (Å²) in [6.07, 6.45) is 0.732. The number of amides is 2. The largest absolute Gasteiger partial charge is 0.435 e. The molecule has 0 saturated carbocycles. The maximum Gasteiger partial charge on any atom is 0.387 e. The van der Waals surface area contributed by atoms with Gasteiger partial charge in [0.05, 0.1) is 4.88 Å². The quantitative estimate of drug-likeness (QED) is 0.713. The van der Waals surface area contributed by atoms with Gasteiger partial charge >= 0.3 is 6.61 Å². The second-order valence-corrected chi connectivity index (χ2v) is 5.74. The van der Waals surface area contributed by atoms with Crippen molar-refractivity contribution in [2.75, 3.05) is 11.9 Å². The van der Waals surface area contributed by atoms with Crippen LogP contribution in [0.2, 0.25) is 0 Å². The molecule has 128 valence electrons. The van der Waals surface area contributed by atoms with Crippen LogP contribution in [0.5, 0.6) is 5.75 Å². The Hall–Kier alpha value is -2.48. The Morgan fingerprint density at radius 3 is 2.54 bits per heavy atom. The number of halogens is 2. The number of benzene rings is 1. The van der Waals surface area contributed by atoms with Crippen LogP contribution < -0.4 is 15.4 Å². The van der Waals surface area contributed by atoms with E-state index in [1.54, 1.807) is 12.1 Å². The van der Waals surface area contributed by atoms with Crippen molar-refractivity contribution < 1.29 is 23.1 Å². The normalized spacial score (nSPS) is 10.5. The molecule has 0 aliphatic carbocycles. The third kappa shape index (κ3) is 5.96. The molecule has 2 aromatic rings. The van der Waals surface area contributed by atoms with E-state index in [1.165, 1.54) is 35.6 Å². The Labute approximate surface area is 141 Å². The van der Waals surface area contributed by atoms with Crippen LogP contribution in [-0.2, 0) is 4.79 Å². The highest BCUT2D eigenvalue weighted by Gasteiger charge is 2.07. The summed E-state index contributed by atoms with van der Waals surface area (Å²) in [4.78, 5) is 24.1. The molecule has 0 aliphatic rings. The maximum atomic E-state index is 12.0. The molecular formula is C16H16F2N2O3S. The van der Waals surface area contributed by atoms with E-state index in [1.807, 2.05) is 5.38 Å². The van der Waals surface area contributed by atoms with E-state index in [0.717, 1.165) is 0 Å². The first-order valence-electron chi connectivity index (χ1n) is 7.21. The molecule has 2 rings (SSSR count). The van der Waals surface area contributed by atoms with Crippen LogP contribution in [0.4, 0.5) is 14.5 Å². The van der Waals surface area contributed by atoms with Gasteiger partial charge in [-0.3, -0.25) is 9.59 Å². The van der Waals surface area contributed by atoms with E-state index in [2.05, 4.69) is 15.4 Å². The van der Waals surface area contributed by atoms with Crippen LogP contribution >= 0.6 is 11.3 Å². The number of nitrogens with one attached hydrogen (secondary N) is 2. The topological polar surface area (TPSA) is 67.4 Å². The predicted octanol–water partition coefficient (Wildman–Crippen LogP) is 3.50. The van der Waals surface area contributed by atoms with Gasteiger partial charge in [0.2, 0.25) is 5.91 Å². The number of hydrogen-bond donors (Lipinski definition) is 2. The number of anilines is 1. The molecule has 1 heterocycles. The number of carbonyl (C=O) groups excluding carboxylic acids is 2. The van der Waals surface area contributed by atoms with Crippen LogP contribution in [0.15, 0.2) is 41.8 Å². The molecule has 0 unspecified atom stereocenters. The lowest BCUT2D eigenvalue weighted by molar-refractivity contribution is -0.116. The molecule has 0 saturated heterocycles. The average Bonchev–Trinajstić information content (AvgIpc) is 3.07. The first-order chi connectivity index (χ1) is 11.5. The molecule has 0 aliphatic heterocycles. The highest BCUT2D eigenvalue weighted by atomic mass is 32.1. The Morgan fingerprint density at radius 1 is 1.17 bits per heavy atom. The third-order valence-corrected chi connectivity index (χ3v) is 3.84. The summed E-state index contributed by atoms with van der Waals surface area (Å²) in [6.45, 7) is -2.49. The molecule has 0 atom stereocenters. The zero-order valence-corrected chi connectivity index (χ0v) is 13.4. The average molecular weight is 354 g/mol. The molecule has 5 nitrogen and oxygen atoms in total. The van der Waals surface area contributed by atoms with Crippen molar-refractivity contribution in [2.45, 2.75) is 19.5 Å². The van der Waals surface area contributed by atoms with Gasteiger partial charge in [-0.25, -0.2) is 0 Å². The summed E-state index contributed by atoms with van der Waals surface area (Å²) < 4.78 is 28.3. The monoisotopic (exact) mass is 354 g/mol. The third-order valence-electron chi connectivity index (χ3n) is 2.97. The Bertz CT molecular complexity index is 660. The summed E-state index contributed by atoms with van der Waals surface area (Å²) in [5.41, 5.74) is 0.490. The van der Waals surface area contributed by atoms with E-state index in [9.17, 15) is 18.4 Å². The van der Waals surface area contributed by atoms with Crippen LogP contribution in [0, 0.1) is 0 Å². The van der Waals surface area contributed by atoms with Gasteiger partial charge in [-0.1, -0.05) is 6.07 Å². The summed E-state index contributed by atoms with van der Waals surface area (Å²) in [5, 5.41) is 7.20. The molecule has 1 aromatic heterocycles. The molecule has 0 spiro atoms. The smallest absolute Gasteiger partial charge is 0.387 e. The molecule has 2 amide bonds. The fraction of sp³-hybridized carbons (Fsp3) is 0.250. The number of alkyl halides is 2. The molecule has 1 aromatic carbocycles. The van der Waals surface area contributed by atoms with Crippen molar-refractivity contribution in [1.82, 2.24) is 5.32 Å². The minimum atomic E-state index is -2.88. The predicted molar refractivity (Wildman–Crippen MR) is 87.6 cm³/mol. The van der Waals surface area contributed by atoms with Gasteiger partial charge in [0, 0.05) is 18.7 Å². The van der Waals surface area contributed by atoms with E-state index in [4.69, 9.17) is 0 Å². The van der Waals surface area contributed by atoms with Crippen LogP contribution in [-0.4, -0.2) is 25.0 Å². The SMILES string of the molecule is O=C(CCCNC(=O)c1cccs1)Nc1ccc(OC(F)F)cc1. The summed E-state index contributed by atoms with van der Waals surface area (Å²) in [7, 11) is 0. The van der Waals surface area contributed by atoms with Crippen molar-refractivity contribution in [3.8, 4) is 5.75 Å². The number of hydrogen-bond acceptors (Lipinski definition) is 4. The van der Waals surface area contributed by atoms with Crippen LogP contribution in [0.1, 0.15) is 22.5 Å². The zero-order chi connectivity index (χ0) is 17.4. The number of thiophene rings is 1. The highest BCUT2D eigenvalue weighted by Crippen LogP contribution is 2.17. The molecule has 0 fully saturated rings. The molecule has 24 heavy (non-hydrogen) atoms.